The van der Waals surface area contributed by atoms with Gasteiger partial charge in [0.05, 0.1) is 21.3 Å². The van der Waals surface area contributed by atoms with Crippen LogP contribution in [0.1, 0.15) is 12.5 Å². The van der Waals surface area contributed by atoms with Crippen LogP contribution in [-0.4, -0.2) is 57.7 Å². The number of nitrogens with zero attached hydrogens (tertiary/aromatic N) is 1. The summed E-state index contributed by atoms with van der Waals surface area (Å²) in [7, 11) is 6.19. The molecular formula is C22H28N2O6. The highest BCUT2D eigenvalue weighted by Gasteiger charge is 2.26. The maximum Gasteiger partial charge on any atom is 0.261 e. The van der Waals surface area contributed by atoms with Crippen LogP contribution in [0.15, 0.2) is 42.5 Å². The van der Waals surface area contributed by atoms with E-state index in [-0.39, 0.29) is 25.0 Å². The molecule has 2 rings (SSSR count). The van der Waals surface area contributed by atoms with E-state index in [4.69, 9.17) is 18.9 Å². The molecule has 8 heteroatoms. The summed E-state index contributed by atoms with van der Waals surface area (Å²) in [6.45, 7) is 1.69. The molecule has 0 aliphatic carbocycles. The topological polar surface area (TPSA) is 86.3 Å². The molecule has 0 bridgehead atoms. The molecule has 8 nitrogen and oxygen atoms in total. The smallest absolute Gasteiger partial charge is 0.261 e. The SMILES string of the molecule is CNC(=O)[C@@H](C)N(Cc1ccc(OC)cc1)C(=O)COc1cc(OC)cc(OC)c1. The summed E-state index contributed by atoms with van der Waals surface area (Å²) < 4.78 is 21.3. The molecule has 0 aliphatic rings. The van der Waals surface area contributed by atoms with Crippen LogP contribution >= 0.6 is 0 Å². The molecule has 0 spiro atoms. The van der Waals surface area contributed by atoms with Crippen molar-refractivity contribution in [3.8, 4) is 23.0 Å². The lowest BCUT2D eigenvalue weighted by molar-refractivity contribution is -0.142. The summed E-state index contributed by atoms with van der Waals surface area (Å²) in [4.78, 5) is 26.6. The third-order valence-electron chi connectivity index (χ3n) is 4.61. The molecule has 1 atom stereocenters. The van der Waals surface area contributed by atoms with E-state index in [0.29, 0.717) is 23.0 Å². The fourth-order valence-corrected chi connectivity index (χ4v) is 2.81. The zero-order chi connectivity index (χ0) is 22.1. The third-order valence-corrected chi connectivity index (χ3v) is 4.61. The summed E-state index contributed by atoms with van der Waals surface area (Å²) in [5, 5.41) is 2.58. The summed E-state index contributed by atoms with van der Waals surface area (Å²) in [5.74, 6) is 1.64. The van der Waals surface area contributed by atoms with Gasteiger partial charge in [-0.25, -0.2) is 0 Å². The second kappa shape index (κ2) is 10.9. The Morgan fingerprint density at radius 3 is 1.93 bits per heavy atom. The van der Waals surface area contributed by atoms with Crippen molar-refractivity contribution >= 4 is 11.8 Å². The summed E-state index contributed by atoms with van der Waals surface area (Å²) in [6, 6.07) is 11.7. The standard InChI is InChI=1S/C22H28N2O6/c1-15(22(26)23-2)24(13-16-6-8-17(27-3)9-7-16)21(25)14-30-20-11-18(28-4)10-19(12-20)29-5/h6-12,15H,13-14H2,1-5H3,(H,23,26)/t15-/m1/s1. The van der Waals surface area contributed by atoms with Crippen molar-refractivity contribution in [3.05, 3.63) is 48.0 Å². The van der Waals surface area contributed by atoms with Crippen molar-refractivity contribution in [2.75, 3.05) is 35.0 Å². The van der Waals surface area contributed by atoms with Gasteiger partial charge in [-0.1, -0.05) is 12.1 Å². The van der Waals surface area contributed by atoms with E-state index in [9.17, 15) is 9.59 Å². The molecule has 0 fully saturated rings. The Kier molecular flexibility index (Phi) is 8.34. The van der Waals surface area contributed by atoms with E-state index in [1.54, 1.807) is 32.2 Å². The average Bonchev–Trinajstić information content (AvgIpc) is 2.79. The highest BCUT2D eigenvalue weighted by atomic mass is 16.5. The number of benzene rings is 2. The van der Waals surface area contributed by atoms with Crippen molar-refractivity contribution < 1.29 is 28.5 Å². The lowest BCUT2D eigenvalue weighted by Crippen LogP contribution is -2.48. The molecule has 0 unspecified atom stereocenters. The first-order valence-electron chi connectivity index (χ1n) is 9.41. The van der Waals surface area contributed by atoms with Crippen molar-refractivity contribution in [2.24, 2.45) is 0 Å². The molecule has 0 radical (unpaired) electrons. The molecule has 1 N–H and O–H groups in total. The molecule has 2 amide bonds. The summed E-state index contributed by atoms with van der Waals surface area (Å²) in [6.07, 6.45) is 0. The lowest BCUT2D eigenvalue weighted by Gasteiger charge is -2.28. The van der Waals surface area contributed by atoms with Gasteiger partial charge in [-0.15, -0.1) is 0 Å². The van der Waals surface area contributed by atoms with E-state index in [1.165, 1.54) is 26.2 Å². The number of hydrogen-bond acceptors (Lipinski definition) is 6. The van der Waals surface area contributed by atoms with Crippen LogP contribution < -0.4 is 24.3 Å². The van der Waals surface area contributed by atoms with Gasteiger partial charge in [0.2, 0.25) is 5.91 Å². The Morgan fingerprint density at radius 1 is 0.900 bits per heavy atom. The van der Waals surface area contributed by atoms with E-state index < -0.39 is 6.04 Å². The van der Waals surface area contributed by atoms with Crippen molar-refractivity contribution in [1.82, 2.24) is 10.2 Å². The van der Waals surface area contributed by atoms with Crippen LogP contribution in [0.2, 0.25) is 0 Å². The number of ether oxygens (including phenoxy) is 4. The van der Waals surface area contributed by atoms with Crippen LogP contribution in [0.25, 0.3) is 0 Å². The molecule has 0 aromatic heterocycles. The van der Waals surface area contributed by atoms with Crippen LogP contribution in [0.3, 0.4) is 0 Å². The minimum absolute atomic E-state index is 0.242. The van der Waals surface area contributed by atoms with Gasteiger partial charge in [0.1, 0.15) is 29.0 Å². The quantitative estimate of drug-likeness (QED) is 0.639. The van der Waals surface area contributed by atoms with Gasteiger partial charge in [0.15, 0.2) is 6.61 Å². The number of carbonyl (C=O) groups is 2. The highest BCUT2D eigenvalue weighted by Crippen LogP contribution is 2.27. The van der Waals surface area contributed by atoms with Crippen molar-refractivity contribution in [3.63, 3.8) is 0 Å². The Balaban J connectivity index is 2.16. The van der Waals surface area contributed by atoms with E-state index in [0.717, 1.165) is 5.56 Å². The molecule has 162 valence electrons. The number of methoxy groups -OCH3 is 3. The summed E-state index contributed by atoms with van der Waals surface area (Å²) in [5.41, 5.74) is 0.864. The first kappa shape index (κ1) is 22.9. The Labute approximate surface area is 176 Å². The predicted octanol–water partition coefficient (Wildman–Crippen LogP) is 2.25. The normalized spacial score (nSPS) is 11.2. The predicted molar refractivity (Wildman–Crippen MR) is 112 cm³/mol. The van der Waals surface area contributed by atoms with Gasteiger partial charge in [0, 0.05) is 31.8 Å². The molecule has 0 saturated carbocycles. The van der Waals surface area contributed by atoms with Gasteiger partial charge in [-0.3, -0.25) is 9.59 Å². The molecule has 30 heavy (non-hydrogen) atoms. The maximum absolute atomic E-state index is 12.9. The van der Waals surface area contributed by atoms with Crippen molar-refractivity contribution in [2.45, 2.75) is 19.5 Å². The fourth-order valence-electron chi connectivity index (χ4n) is 2.81. The van der Waals surface area contributed by atoms with Gasteiger partial charge >= 0.3 is 0 Å². The van der Waals surface area contributed by atoms with E-state index >= 15 is 0 Å². The summed E-state index contributed by atoms with van der Waals surface area (Å²) >= 11 is 0. The monoisotopic (exact) mass is 416 g/mol. The number of hydrogen-bond donors (Lipinski definition) is 1. The number of rotatable bonds is 10. The number of likely N-dealkylation sites (N-methyl/N-ethyl adjacent to an activating group) is 1. The minimum atomic E-state index is -0.673. The zero-order valence-electron chi connectivity index (χ0n) is 17.9. The van der Waals surface area contributed by atoms with Crippen LogP contribution in [0.5, 0.6) is 23.0 Å². The van der Waals surface area contributed by atoms with Crippen molar-refractivity contribution in [1.29, 1.82) is 0 Å². The van der Waals surface area contributed by atoms with Gasteiger partial charge < -0.3 is 29.2 Å². The van der Waals surface area contributed by atoms with Crippen LogP contribution in [0, 0.1) is 0 Å². The average molecular weight is 416 g/mol. The Bertz CT molecular complexity index is 831. The largest absolute Gasteiger partial charge is 0.497 e. The number of amides is 2. The van der Waals surface area contributed by atoms with Gasteiger partial charge in [-0.05, 0) is 24.6 Å². The Hall–Kier alpha value is -3.42. The molecular weight excluding hydrogens is 388 g/mol. The van der Waals surface area contributed by atoms with E-state index in [2.05, 4.69) is 5.32 Å². The Morgan fingerprint density at radius 2 is 1.43 bits per heavy atom. The first-order valence-corrected chi connectivity index (χ1v) is 9.41. The molecule has 0 aliphatic heterocycles. The lowest BCUT2D eigenvalue weighted by atomic mass is 10.1. The second-order valence-electron chi connectivity index (χ2n) is 6.50. The van der Waals surface area contributed by atoms with Crippen LogP contribution in [0.4, 0.5) is 0 Å². The van der Waals surface area contributed by atoms with Gasteiger partial charge in [-0.2, -0.15) is 0 Å². The molecule has 2 aromatic carbocycles. The maximum atomic E-state index is 12.9. The number of carbonyl (C=O) groups excluding carboxylic acids is 2. The molecule has 2 aromatic rings. The zero-order valence-corrected chi connectivity index (χ0v) is 17.9. The fraction of sp³-hybridized carbons (Fsp3) is 0.364. The van der Waals surface area contributed by atoms with Crippen LogP contribution in [-0.2, 0) is 16.1 Å². The number of nitrogens with one attached hydrogen (secondary N) is 1. The molecule has 0 heterocycles. The first-order chi connectivity index (χ1) is 14.4. The minimum Gasteiger partial charge on any atom is -0.497 e. The van der Waals surface area contributed by atoms with E-state index in [1.807, 2.05) is 24.3 Å². The van der Waals surface area contributed by atoms with Gasteiger partial charge in [0.25, 0.3) is 5.91 Å². The highest BCUT2D eigenvalue weighted by molar-refractivity contribution is 5.87. The molecule has 0 saturated heterocycles. The third kappa shape index (κ3) is 6.04. The second-order valence-corrected chi connectivity index (χ2v) is 6.50.